The van der Waals surface area contributed by atoms with Crippen LogP contribution in [0.15, 0.2) is 48.0 Å². The molecule has 2 aromatic carbocycles. The molecule has 2 aromatic rings. The van der Waals surface area contributed by atoms with Gasteiger partial charge in [0.2, 0.25) is 0 Å². The van der Waals surface area contributed by atoms with Gasteiger partial charge in [0.05, 0.1) is 5.69 Å². The van der Waals surface area contributed by atoms with Gasteiger partial charge >= 0.3 is 6.03 Å². The van der Waals surface area contributed by atoms with Gasteiger partial charge in [0.15, 0.2) is 0 Å². The predicted octanol–water partition coefficient (Wildman–Crippen LogP) is 5.73. The van der Waals surface area contributed by atoms with Crippen molar-refractivity contribution in [1.29, 1.82) is 0 Å². The van der Waals surface area contributed by atoms with E-state index in [4.69, 9.17) is 0 Å². The Hall–Kier alpha value is -3.41. The molecule has 0 radical (unpaired) electrons. The molecule has 38 heavy (non-hydrogen) atoms. The Bertz CT molecular complexity index is 1320. The molecule has 2 heterocycles. The van der Waals surface area contributed by atoms with Gasteiger partial charge in [0, 0.05) is 18.8 Å². The SMILES string of the molecule is Cc1cc(N2CCCC2)ccc1/C=C1\C(=O)NC(=O)N(c2ccc(C34CC5CC(CC(C5)C3)C4)cc2)C1=O. The summed E-state index contributed by atoms with van der Waals surface area (Å²) < 4.78 is 0. The van der Waals surface area contributed by atoms with Gasteiger partial charge in [-0.05, 0) is 128 Å². The summed E-state index contributed by atoms with van der Waals surface area (Å²) in [4.78, 5) is 42.5. The fraction of sp³-hybridized carbons (Fsp3) is 0.469. The average Bonchev–Trinajstić information content (AvgIpc) is 3.42. The molecule has 6 heteroatoms. The molecular weight excluding hydrogens is 474 g/mol. The van der Waals surface area contributed by atoms with Gasteiger partial charge in [-0.3, -0.25) is 14.9 Å². The molecule has 8 rings (SSSR count). The molecule has 6 aliphatic rings. The highest BCUT2D eigenvalue weighted by atomic mass is 16.2. The van der Waals surface area contributed by atoms with E-state index in [1.165, 1.54) is 56.9 Å². The van der Waals surface area contributed by atoms with Gasteiger partial charge in [-0.25, -0.2) is 9.69 Å². The van der Waals surface area contributed by atoms with Crippen LogP contribution in [0, 0.1) is 24.7 Å². The van der Waals surface area contributed by atoms with E-state index in [9.17, 15) is 14.4 Å². The Morgan fingerprint density at radius 3 is 2.05 bits per heavy atom. The number of carbonyl (C=O) groups is 3. The van der Waals surface area contributed by atoms with Crippen molar-refractivity contribution in [2.24, 2.45) is 17.8 Å². The smallest absolute Gasteiger partial charge is 0.335 e. The van der Waals surface area contributed by atoms with Crippen LogP contribution in [-0.4, -0.2) is 30.9 Å². The number of amides is 4. The number of aryl methyl sites for hydroxylation is 1. The van der Waals surface area contributed by atoms with E-state index >= 15 is 0 Å². The summed E-state index contributed by atoms with van der Waals surface area (Å²) >= 11 is 0. The minimum Gasteiger partial charge on any atom is -0.372 e. The number of nitrogens with zero attached hydrogens (tertiary/aromatic N) is 2. The zero-order chi connectivity index (χ0) is 26.0. The summed E-state index contributed by atoms with van der Waals surface area (Å²) in [6, 6.07) is 13.4. The molecular formula is C32H35N3O3. The molecule has 0 aromatic heterocycles. The van der Waals surface area contributed by atoms with E-state index in [0.29, 0.717) is 5.69 Å². The Labute approximate surface area is 224 Å². The molecule has 2 saturated heterocycles. The molecule has 4 bridgehead atoms. The predicted molar refractivity (Wildman–Crippen MR) is 148 cm³/mol. The summed E-state index contributed by atoms with van der Waals surface area (Å²) in [5, 5.41) is 2.38. The molecule has 6 nitrogen and oxygen atoms in total. The molecule has 6 fully saturated rings. The van der Waals surface area contributed by atoms with E-state index in [1.807, 2.05) is 31.2 Å². The number of rotatable bonds is 4. The van der Waals surface area contributed by atoms with Crippen LogP contribution in [0.25, 0.3) is 6.08 Å². The van der Waals surface area contributed by atoms with Crippen LogP contribution in [0.1, 0.15) is 68.1 Å². The second-order valence-electron chi connectivity index (χ2n) is 12.4. The Kier molecular flexibility index (Phi) is 5.50. The van der Waals surface area contributed by atoms with Crippen molar-refractivity contribution in [2.75, 3.05) is 22.9 Å². The number of urea groups is 1. The highest BCUT2D eigenvalue weighted by molar-refractivity contribution is 6.39. The molecule has 4 amide bonds. The minimum absolute atomic E-state index is 0.0215. The van der Waals surface area contributed by atoms with Crippen LogP contribution in [0.3, 0.4) is 0 Å². The van der Waals surface area contributed by atoms with E-state index in [2.05, 4.69) is 28.4 Å². The highest BCUT2D eigenvalue weighted by Crippen LogP contribution is 2.60. The lowest BCUT2D eigenvalue weighted by molar-refractivity contribution is -0.122. The number of hydrogen-bond donors (Lipinski definition) is 1. The van der Waals surface area contributed by atoms with Crippen molar-refractivity contribution in [1.82, 2.24) is 5.32 Å². The number of barbiturate groups is 1. The molecule has 0 unspecified atom stereocenters. The van der Waals surface area contributed by atoms with Crippen LogP contribution in [0.2, 0.25) is 0 Å². The normalized spacial score (nSPS) is 31.4. The maximum Gasteiger partial charge on any atom is 0.335 e. The molecule has 4 saturated carbocycles. The lowest BCUT2D eigenvalue weighted by Gasteiger charge is -2.57. The van der Waals surface area contributed by atoms with E-state index < -0.39 is 17.8 Å². The lowest BCUT2D eigenvalue weighted by Crippen LogP contribution is -2.54. The highest BCUT2D eigenvalue weighted by Gasteiger charge is 2.51. The van der Waals surface area contributed by atoms with Gasteiger partial charge in [-0.15, -0.1) is 0 Å². The van der Waals surface area contributed by atoms with Crippen molar-refractivity contribution in [3.8, 4) is 0 Å². The summed E-state index contributed by atoms with van der Waals surface area (Å²) in [5.74, 6) is 1.32. The second-order valence-corrected chi connectivity index (χ2v) is 12.4. The number of carbonyl (C=O) groups excluding carboxylic acids is 3. The average molecular weight is 510 g/mol. The van der Waals surface area contributed by atoms with Gasteiger partial charge in [-0.2, -0.15) is 0 Å². The van der Waals surface area contributed by atoms with Crippen molar-refractivity contribution >= 4 is 35.3 Å². The molecule has 196 valence electrons. The maximum atomic E-state index is 13.5. The number of benzene rings is 2. The van der Waals surface area contributed by atoms with E-state index in [0.717, 1.165) is 52.6 Å². The quantitative estimate of drug-likeness (QED) is 0.422. The minimum atomic E-state index is -0.694. The molecule has 0 atom stereocenters. The first kappa shape index (κ1) is 23.7. The van der Waals surface area contributed by atoms with Gasteiger partial charge in [0.1, 0.15) is 5.57 Å². The summed E-state index contributed by atoms with van der Waals surface area (Å²) in [6.07, 6.45) is 12.0. The van der Waals surface area contributed by atoms with Crippen LogP contribution in [0.4, 0.5) is 16.2 Å². The summed E-state index contributed by atoms with van der Waals surface area (Å²) in [7, 11) is 0. The Morgan fingerprint density at radius 2 is 1.45 bits per heavy atom. The molecule has 2 aliphatic heterocycles. The second kappa shape index (κ2) is 8.82. The third-order valence-corrected chi connectivity index (χ3v) is 9.90. The first-order chi connectivity index (χ1) is 18.4. The van der Waals surface area contributed by atoms with Crippen molar-refractivity contribution in [3.05, 3.63) is 64.7 Å². The maximum absolute atomic E-state index is 13.5. The summed E-state index contributed by atoms with van der Waals surface area (Å²) in [6.45, 7) is 4.10. The number of nitrogens with one attached hydrogen (secondary N) is 1. The Balaban J connectivity index is 1.15. The topological polar surface area (TPSA) is 69.7 Å². The largest absolute Gasteiger partial charge is 0.372 e. The van der Waals surface area contributed by atoms with Crippen LogP contribution in [-0.2, 0) is 15.0 Å². The van der Waals surface area contributed by atoms with E-state index in [1.54, 1.807) is 6.08 Å². The first-order valence-electron chi connectivity index (χ1n) is 14.3. The third kappa shape index (κ3) is 3.88. The van der Waals surface area contributed by atoms with E-state index in [-0.39, 0.29) is 11.0 Å². The van der Waals surface area contributed by atoms with Crippen LogP contribution >= 0.6 is 0 Å². The van der Waals surface area contributed by atoms with Crippen LogP contribution < -0.4 is 15.1 Å². The fourth-order valence-corrected chi connectivity index (χ4v) is 8.47. The van der Waals surface area contributed by atoms with Crippen molar-refractivity contribution in [2.45, 2.75) is 63.7 Å². The zero-order valence-corrected chi connectivity index (χ0v) is 22.0. The van der Waals surface area contributed by atoms with Crippen LogP contribution in [0.5, 0.6) is 0 Å². The number of anilines is 2. The molecule has 0 spiro atoms. The van der Waals surface area contributed by atoms with Crippen molar-refractivity contribution in [3.63, 3.8) is 0 Å². The zero-order valence-electron chi connectivity index (χ0n) is 22.0. The summed E-state index contributed by atoms with van der Waals surface area (Å²) in [5.41, 5.74) is 5.03. The van der Waals surface area contributed by atoms with Gasteiger partial charge < -0.3 is 4.90 Å². The molecule has 1 N–H and O–H groups in total. The molecule has 4 aliphatic carbocycles. The fourth-order valence-electron chi connectivity index (χ4n) is 8.47. The van der Waals surface area contributed by atoms with Gasteiger partial charge in [-0.1, -0.05) is 18.2 Å². The van der Waals surface area contributed by atoms with Crippen molar-refractivity contribution < 1.29 is 14.4 Å². The van der Waals surface area contributed by atoms with Gasteiger partial charge in [0.25, 0.3) is 11.8 Å². The monoisotopic (exact) mass is 509 g/mol. The lowest BCUT2D eigenvalue weighted by atomic mass is 9.48. The third-order valence-electron chi connectivity index (χ3n) is 9.90. The number of imide groups is 2. The standard InChI is InChI=1S/C32H35N3O3/c1-20-12-27(34-10-2-3-11-34)7-4-24(20)16-28-29(36)33-31(38)35(30(28)37)26-8-5-25(6-9-26)32-17-21-13-22(18-32)15-23(14-21)19-32/h4-9,12,16,21-23H,2-3,10-11,13-15,17-19H2,1H3,(H,33,36,38)/b28-16+. The number of hydrogen-bond acceptors (Lipinski definition) is 4. The first-order valence-corrected chi connectivity index (χ1v) is 14.3. The Morgan fingerprint density at radius 1 is 0.842 bits per heavy atom.